The summed E-state index contributed by atoms with van der Waals surface area (Å²) in [5.41, 5.74) is 0. The minimum Gasteiger partial charge on any atom is -0.813 e. The van der Waals surface area contributed by atoms with Crippen LogP contribution in [0.5, 0.6) is 0 Å². The van der Waals surface area contributed by atoms with E-state index in [1.807, 2.05) is 0 Å². The van der Waals surface area contributed by atoms with Gasteiger partial charge in [0.05, 0.1) is 0 Å². The molecule has 0 spiro atoms. The quantitative estimate of drug-likeness (QED) is 0.215. The van der Waals surface area contributed by atoms with Gasteiger partial charge in [0.1, 0.15) is 0 Å². The molecule has 0 bridgehead atoms. The molecule has 8 heavy (non-hydrogen) atoms. The third-order valence-electron chi connectivity index (χ3n) is 0. The first-order valence-electron chi connectivity index (χ1n) is 0. The van der Waals surface area contributed by atoms with E-state index in [-0.39, 0.29) is 137 Å². The molecule has 0 nitrogen and oxygen atoms in total. The third-order valence-corrected chi connectivity index (χ3v) is 0. The van der Waals surface area contributed by atoms with Crippen molar-refractivity contribution in [3.8, 4) is 0 Å². The Morgan fingerprint density at radius 1 is 0.500 bits per heavy atom. The van der Waals surface area contributed by atoms with Gasteiger partial charge in [0, 0.05) is 17.6 Å². The van der Waals surface area contributed by atoms with Gasteiger partial charge in [-0.05, 0) is 0 Å². The smallest absolute Gasteiger partial charge is 0.813 e. The Bertz CT molecular complexity index is 14.0. The summed E-state index contributed by atoms with van der Waals surface area (Å²) in [7, 11) is 0. The van der Waals surface area contributed by atoms with Gasteiger partial charge in [-0.2, -0.15) is 0 Å². The van der Waals surface area contributed by atoms with Gasteiger partial charge in [0.2, 0.25) is 0 Å². The molecule has 0 unspecified atom stereocenters. The summed E-state index contributed by atoms with van der Waals surface area (Å²) in [6, 6.07) is 0. The van der Waals surface area contributed by atoms with E-state index >= 15 is 0 Å². The molecule has 0 aliphatic rings. The SMILES string of the molecule is [Ge].[Li+].[Li+].[Pb+2].[SH-].[SH-].[SH-].[SH-]. The molecule has 0 saturated heterocycles. The molecule has 8 heteroatoms. The molecule has 0 N–H and O–H groups in total. The summed E-state index contributed by atoms with van der Waals surface area (Å²) in [4.78, 5) is 0. The molecule has 0 aliphatic carbocycles. The summed E-state index contributed by atoms with van der Waals surface area (Å²) in [6.07, 6.45) is 0. The van der Waals surface area contributed by atoms with E-state index in [2.05, 4.69) is 0 Å². The average molecular weight is 426 g/mol. The van der Waals surface area contributed by atoms with Crippen molar-refractivity contribution >= 4 is 98.9 Å². The van der Waals surface area contributed by atoms with E-state index in [9.17, 15) is 0 Å². The second-order valence-electron chi connectivity index (χ2n) is 0. The molecule has 0 aromatic rings. The predicted octanol–water partition coefficient (Wildman–Crippen LogP) is -7.83. The minimum atomic E-state index is 0. The van der Waals surface area contributed by atoms with Crippen molar-refractivity contribution in [3.63, 3.8) is 0 Å². The summed E-state index contributed by atoms with van der Waals surface area (Å²) >= 11 is 0. The van der Waals surface area contributed by atoms with Crippen LogP contribution in [-0.2, 0) is 54.0 Å². The van der Waals surface area contributed by atoms with Crippen LogP contribution in [0.4, 0.5) is 0 Å². The van der Waals surface area contributed by atoms with Gasteiger partial charge in [-0.3, -0.25) is 0 Å². The second kappa shape index (κ2) is 67.9. The molecule has 0 aromatic heterocycles. The summed E-state index contributed by atoms with van der Waals surface area (Å²) < 4.78 is 0. The molecular formula is H4GeLi2PbS4. The zero-order chi connectivity index (χ0) is 0. The first-order valence-corrected chi connectivity index (χ1v) is 0. The van der Waals surface area contributed by atoms with E-state index in [4.69, 9.17) is 0 Å². The van der Waals surface area contributed by atoms with E-state index in [1.165, 1.54) is 0 Å². The molecule has 0 atom stereocenters. The zero-order valence-electron chi connectivity index (χ0n) is 4.79. The van der Waals surface area contributed by atoms with Gasteiger partial charge in [-0.15, -0.1) is 0 Å². The van der Waals surface area contributed by atoms with Crippen LogP contribution in [0.1, 0.15) is 0 Å². The second-order valence-corrected chi connectivity index (χ2v) is 0. The van der Waals surface area contributed by atoms with Crippen LogP contribution in [0.15, 0.2) is 0 Å². The molecule has 0 heterocycles. The largest absolute Gasteiger partial charge is 2.00 e. The van der Waals surface area contributed by atoms with Crippen molar-refractivity contribution in [3.05, 3.63) is 0 Å². The fraction of sp³-hybridized carbons (Fsp3) is 0. The number of rotatable bonds is 0. The normalized spacial score (nSPS) is 0. The minimum absolute atomic E-state index is 0. The Morgan fingerprint density at radius 3 is 0.500 bits per heavy atom. The van der Waals surface area contributed by atoms with Gasteiger partial charge in [-0.1, -0.05) is 0 Å². The van der Waals surface area contributed by atoms with Crippen molar-refractivity contribution in [2.75, 3.05) is 0 Å². The third kappa shape index (κ3) is 50.1. The van der Waals surface area contributed by atoms with E-state index in [0.717, 1.165) is 0 Å². The van der Waals surface area contributed by atoms with Crippen LogP contribution in [0.2, 0.25) is 0 Å². The molecular weight excluding hydrogens is 422 g/mol. The summed E-state index contributed by atoms with van der Waals surface area (Å²) in [5.74, 6) is 0. The van der Waals surface area contributed by atoms with Gasteiger partial charge >= 0.3 is 65.0 Å². The molecule has 0 aromatic carbocycles. The predicted molar refractivity (Wildman–Crippen MR) is 46.5 cm³/mol. The average Bonchev–Trinajstić information content (AvgIpc) is 0. The van der Waals surface area contributed by atoms with Crippen LogP contribution in [0.3, 0.4) is 0 Å². The number of thiol groups is 4. The Balaban J connectivity index is 0. The molecule has 0 rings (SSSR count). The first-order chi connectivity index (χ1) is 0. The maximum Gasteiger partial charge on any atom is 2.00 e. The van der Waals surface area contributed by atoms with Crippen molar-refractivity contribution in [1.82, 2.24) is 0 Å². The van der Waals surface area contributed by atoms with Crippen LogP contribution >= 0.6 is 0 Å². The van der Waals surface area contributed by atoms with Crippen LogP contribution in [-0.4, -0.2) is 44.9 Å². The zero-order valence-corrected chi connectivity index (χ0v) is 14.4. The maximum atomic E-state index is 0. The topological polar surface area (TPSA) is 0 Å². The van der Waals surface area contributed by atoms with Crippen LogP contribution in [0, 0.1) is 0 Å². The Hall–Kier alpha value is 4.06. The standard InChI is InChI=1S/Ge.2Li.Pb.4H2S/h;;;;4*1H2/q;2*+1;+2;;;;/p-4. The van der Waals surface area contributed by atoms with E-state index < -0.39 is 0 Å². The molecule has 0 saturated carbocycles. The summed E-state index contributed by atoms with van der Waals surface area (Å²) in [5, 5.41) is 0. The van der Waals surface area contributed by atoms with Crippen LogP contribution in [0.25, 0.3) is 0 Å². The van der Waals surface area contributed by atoms with Crippen LogP contribution < -0.4 is 37.7 Å². The number of hydrogen-bond acceptors (Lipinski definition) is 4. The van der Waals surface area contributed by atoms with Gasteiger partial charge < -0.3 is 54.0 Å². The Labute approximate surface area is 134 Å². The van der Waals surface area contributed by atoms with Gasteiger partial charge in [-0.25, -0.2) is 0 Å². The Kier molecular flexibility index (Phi) is 760. The van der Waals surface area contributed by atoms with Gasteiger partial charge in [0.25, 0.3) is 0 Å². The summed E-state index contributed by atoms with van der Waals surface area (Å²) in [6.45, 7) is 0. The Morgan fingerprint density at radius 2 is 0.500 bits per heavy atom. The van der Waals surface area contributed by atoms with Crippen molar-refractivity contribution < 1.29 is 37.7 Å². The molecule has 6 radical (unpaired) electrons. The van der Waals surface area contributed by atoms with Crippen molar-refractivity contribution in [2.24, 2.45) is 0 Å². The van der Waals surface area contributed by atoms with Crippen molar-refractivity contribution in [1.29, 1.82) is 0 Å². The number of hydrogen-bond donors (Lipinski definition) is 0. The fourth-order valence-corrected chi connectivity index (χ4v) is 0. The van der Waals surface area contributed by atoms with Gasteiger partial charge in [0.15, 0.2) is 0 Å². The molecule has 0 amide bonds. The molecule has 0 aliphatic heterocycles. The monoisotopic (exact) mass is 428 g/mol. The first kappa shape index (κ1) is 89.5. The molecule has 0 fully saturated rings. The van der Waals surface area contributed by atoms with E-state index in [0.29, 0.717) is 0 Å². The molecule has 38 valence electrons. The van der Waals surface area contributed by atoms with Crippen molar-refractivity contribution in [2.45, 2.75) is 0 Å². The maximum absolute atomic E-state index is 0. The van der Waals surface area contributed by atoms with E-state index in [1.54, 1.807) is 0 Å². The fourth-order valence-electron chi connectivity index (χ4n) is 0.